The lowest BCUT2D eigenvalue weighted by Crippen LogP contribution is -2.21. The highest BCUT2D eigenvalue weighted by Gasteiger charge is 2.15. The molecule has 0 amide bonds. The predicted molar refractivity (Wildman–Crippen MR) is 111 cm³/mol. The molecule has 1 aliphatic carbocycles. The molecule has 2 aromatic rings. The number of aliphatic carboxylic acids is 1. The smallest absolute Gasteiger partial charge is 0.317 e. The lowest BCUT2D eigenvalue weighted by atomic mass is 9.97. The van der Waals surface area contributed by atoms with Crippen molar-refractivity contribution >= 4 is 58.2 Å². The molecular formula is C17H26Cl2N4O2S. The van der Waals surface area contributed by atoms with Crippen molar-refractivity contribution in [1.82, 2.24) is 15.3 Å². The van der Waals surface area contributed by atoms with Crippen LogP contribution in [0.2, 0.25) is 0 Å². The van der Waals surface area contributed by atoms with E-state index < -0.39 is 5.97 Å². The third kappa shape index (κ3) is 6.54. The van der Waals surface area contributed by atoms with Crippen molar-refractivity contribution in [3.05, 3.63) is 17.3 Å². The Labute approximate surface area is 170 Å². The van der Waals surface area contributed by atoms with Gasteiger partial charge in [-0.25, -0.2) is 9.97 Å². The molecule has 6 nitrogen and oxygen atoms in total. The predicted octanol–water partition coefficient (Wildman–Crippen LogP) is 4.23. The van der Waals surface area contributed by atoms with Gasteiger partial charge in [-0.3, -0.25) is 4.79 Å². The second kappa shape index (κ2) is 11.5. The lowest BCUT2D eigenvalue weighted by molar-refractivity contribution is -0.135. The Balaban J connectivity index is 0.00000169. The third-order valence-corrected chi connectivity index (χ3v) is 5.44. The molecule has 2 aromatic heterocycles. The van der Waals surface area contributed by atoms with Gasteiger partial charge in [0.2, 0.25) is 0 Å². The number of carbonyl (C=O) groups is 1. The summed E-state index contributed by atoms with van der Waals surface area (Å²) in [6.45, 7) is 0.503. The number of anilines is 1. The zero-order chi connectivity index (χ0) is 16.8. The molecule has 0 aromatic carbocycles. The monoisotopic (exact) mass is 420 g/mol. The summed E-state index contributed by atoms with van der Waals surface area (Å²) in [6.07, 6.45) is 10.6. The minimum absolute atomic E-state index is 0. The number of carboxylic acids is 1. The molecule has 26 heavy (non-hydrogen) atoms. The highest BCUT2D eigenvalue weighted by Crippen LogP contribution is 2.29. The number of fused-ring (bicyclic) bond motifs is 1. The SMILES string of the molecule is Cl.Cl.O=C(O)CNCc1cc2c(NC3CCCCCCC3)ncnc2s1. The Morgan fingerprint density at radius 1 is 1.15 bits per heavy atom. The van der Waals surface area contributed by atoms with Crippen LogP contribution in [0.15, 0.2) is 12.4 Å². The second-order valence-corrected chi connectivity index (χ2v) is 7.45. The maximum Gasteiger partial charge on any atom is 0.317 e. The van der Waals surface area contributed by atoms with E-state index in [2.05, 4.69) is 26.7 Å². The molecule has 3 rings (SSSR count). The summed E-state index contributed by atoms with van der Waals surface area (Å²) < 4.78 is 0. The number of rotatable bonds is 6. The summed E-state index contributed by atoms with van der Waals surface area (Å²) in [5.74, 6) is 0.0637. The van der Waals surface area contributed by atoms with Gasteiger partial charge in [-0.05, 0) is 18.9 Å². The van der Waals surface area contributed by atoms with Crippen LogP contribution in [-0.4, -0.2) is 33.6 Å². The Morgan fingerprint density at radius 3 is 2.54 bits per heavy atom. The summed E-state index contributed by atoms with van der Waals surface area (Å²) in [7, 11) is 0. The molecule has 1 saturated carbocycles. The number of nitrogens with one attached hydrogen (secondary N) is 2. The van der Waals surface area contributed by atoms with E-state index in [9.17, 15) is 4.79 Å². The fourth-order valence-corrected chi connectivity index (χ4v) is 4.16. The summed E-state index contributed by atoms with van der Waals surface area (Å²) in [5, 5.41) is 16.3. The zero-order valence-electron chi connectivity index (χ0n) is 14.6. The van der Waals surface area contributed by atoms with Gasteiger partial charge in [0.1, 0.15) is 17.0 Å². The van der Waals surface area contributed by atoms with Crippen LogP contribution in [0.1, 0.15) is 49.8 Å². The molecule has 3 N–H and O–H groups in total. The Kier molecular flexibility index (Phi) is 10.2. The van der Waals surface area contributed by atoms with Crippen LogP contribution in [0.4, 0.5) is 5.82 Å². The largest absolute Gasteiger partial charge is 0.480 e. The van der Waals surface area contributed by atoms with E-state index in [0.29, 0.717) is 12.6 Å². The molecule has 1 fully saturated rings. The number of nitrogens with zero attached hydrogens (tertiary/aromatic N) is 2. The average molecular weight is 421 g/mol. The number of halogens is 2. The first-order valence-electron chi connectivity index (χ1n) is 8.65. The van der Waals surface area contributed by atoms with Gasteiger partial charge in [0.25, 0.3) is 0 Å². The van der Waals surface area contributed by atoms with Crippen molar-refractivity contribution < 1.29 is 9.90 Å². The quantitative estimate of drug-likeness (QED) is 0.647. The number of aromatic nitrogens is 2. The number of hydrogen-bond acceptors (Lipinski definition) is 6. The second-order valence-electron chi connectivity index (χ2n) is 6.34. The van der Waals surface area contributed by atoms with Crippen LogP contribution in [-0.2, 0) is 11.3 Å². The highest BCUT2D eigenvalue weighted by atomic mass is 35.5. The minimum atomic E-state index is -0.845. The highest BCUT2D eigenvalue weighted by molar-refractivity contribution is 7.18. The van der Waals surface area contributed by atoms with E-state index in [-0.39, 0.29) is 31.4 Å². The van der Waals surface area contributed by atoms with Crippen molar-refractivity contribution in [3.8, 4) is 0 Å². The average Bonchev–Trinajstić information content (AvgIpc) is 2.93. The molecule has 0 spiro atoms. The van der Waals surface area contributed by atoms with Gasteiger partial charge in [-0.2, -0.15) is 0 Å². The number of carboxylic acid groups (broad SMARTS) is 1. The molecule has 0 unspecified atom stereocenters. The zero-order valence-corrected chi connectivity index (χ0v) is 17.0. The van der Waals surface area contributed by atoms with Gasteiger partial charge < -0.3 is 15.7 Å². The molecule has 146 valence electrons. The molecule has 9 heteroatoms. The maximum atomic E-state index is 10.6. The van der Waals surface area contributed by atoms with E-state index in [0.717, 1.165) is 20.9 Å². The normalized spacial score (nSPS) is 15.4. The summed E-state index contributed by atoms with van der Waals surface area (Å²) in [6, 6.07) is 2.55. The molecule has 0 saturated heterocycles. The first kappa shape index (κ1) is 22.9. The lowest BCUT2D eigenvalue weighted by Gasteiger charge is -2.21. The Bertz CT molecular complexity index is 690. The topological polar surface area (TPSA) is 87.1 Å². The molecular weight excluding hydrogens is 395 g/mol. The van der Waals surface area contributed by atoms with E-state index in [1.165, 1.54) is 44.9 Å². The van der Waals surface area contributed by atoms with Crippen molar-refractivity contribution in [1.29, 1.82) is 0 Å². The van der Waals surface area contributed by atoms with E-state index in [1.807, 2.05) is 0 Å². The molecule has 0 bridgehead atoms. The number of hydrogen-bond donors (Lipinski definition) is 3. The van der Waals surface area contributed by atoms with Crippen molar-refractivity contribution in [2.45, 2.75) is 57.5 Å². The molecule has 1 aliphatic rings. The van der Waals surface area contributed by atoms with Gasteiger partial charge in [0, 0.05) is 17.5 Å². The van der Waals surface area contributed by atoms with Gasteiger partial charge in [-0.15, -0.1) is 36.2 Å². The van der Waals surface area contributed by atoms with E-state index in [4.69, 9.17) is 5.11 Å². The van der Waals surface area contributed by atoms with Crippen LogP contribution < -0.4 is 10.6 Å². The van der Waals surface area contributed by atoms with E-state index >= 15 is 0 Å². The summed E-state index contributed by atoms with van der Waals surface area (Å²) in [4.78, 5) is 21.4. The first-order valence-corrected chi connectivity index (χ1v) is 9.46. The van der Waals surface area contributed by atoms with Gasteiger partial charge >= 0.3 is 5.97 Å². The first-order chi connectivity index (χ1) is 11.7. The fourth-order valence-electron chi connectivity index (χ4n) is 3.19. The van der Waals surface area contributed by atoms with Gasteiger partial charge in [0.15, 0.2) is 0 Å². The van der Waals surface area contributed by atoms with Crippen LogP contribution in [0.25, 0.3) is 10.2 Å². The third-order valence-electron chi connectivity index (χ3n) is 4.40. The molecule has 0 atom stereocenters. The maximum absolute atomic E-state index is 10.6. The standard InChI is InChI=1S/C17H24N4O2S.2ClH/c22-15(23)10-18-9-13-8-14-16(19-11-20-17(14)24-13)21-12-6-4-2-1-3-5-7-12;;/h8,11-12,18H,1-7,9-10H2,(H,22,23)(H,19,20,21);2*1H. The molecule has 2 heterocycles. The van der Waals surface area contributed by atoms with Crippen LogP contribution in [0.3, 0.4) is 0 Å². The minimum Gasteiger partial charge on any atom is -0.480 e. The van der Waals surface area contributed by atoms with Crippen LogP contribution in [0.5, 0.6) is 0 Å². The van der Waals surface area contributed by atoms with Gasteiger partial charge in [0.05, 0.1) is 11.9 Å². The van der Waals surface area contributed by atoms with Crippen LogP contribution in [0, 0.1) is 0 Å². The van der Waals surface area contributed by atoms with Gasteiger partial charge in [-0.1, -0.05) is 32.1 Å². The van der Waals surface area contributed by atoms with Crippen molar-refractivity contribution in [3.63, 3.8) is 0 Å². The number of thiophene rings is 1. The summed E-state index contributed by atoms with van der Waals surface area (Å²) >= 11 is 1.59. The fraction of sp³-hybridized carbons (Fsp3) is 0.588. The Morgan fingerprint density at radius 2 is 1.85 bits per heavy atom. The Hall–Kier alpha value is -1.15. The van der Waals surface area contributed by atoms with Crippen LogP contribution >= 0.6 is 36.2 Å². The van der Waals surface area contributed by atoms with Crippen molar-refractivity contribution in [2.24, 2.45) is 0 Å². The molecule has 0 radical (unpaired) electrons. The molecule has 0 aliphatic heterocycles. The summed E-state index contributed by atoms with van der Waals surface area (Å²) in [5.41, 5.74) is 0. The van der Waals surface area contributed by atoms with Crippen molar-refractivity contribution in [2.75, 3.05) is 11.9 Å². The van der Waals surface area contributed by atoms with E-state index in [1.54, 1.807) is 17.7 Å².